The van der Waals surface area contributed by atoms with Gasteiger partial charge in [0.1, 0.15) is 5.58 Å². The Balaban J connectivity index is 1.99. The summed E-state index contributed by atoms with van der Waals surface area (Å²) in [5.74, 6) is -1.26. The van der Waals surface area contributed by atoms with Gasteiger partial charge < -0.3 is 14.5 Å². The summed E-state index contributed by atoms with van der Waals surface area (Å²) in [5, 5.41) is 5.14. The zero-order valence-electron chi connectivity index (χ0n) is 13.8. The van der Waals surface area contributed by atoms with Crippen molar-refractivity contribution in [2.75, 3.05) is 7.05 Å². The van der Waals surface area contributed by atoms with Crippen LogP contribution in [-0.2, 0) is 27.2 Å². The van der Waals surface area contributed by atoms with Crippen LogP contribution in [-0.4, -0.2) is 31.1 Å². The van der Waals surface area contributed by atoms with Crippen LogP contribution in [0.25, 0.3) is 11.0 Å². The van der Waals surface area contributed by atoms with Crippen molar-refractivity contribution in [3.8, 4) is 0 Å². The molecule has 1 heterocycles. The molecule has 0 fully saturated rings. The van der Waals surface area contributed by atoms with Gasteiger partial charge in [0.15, 0.2) is 6.10 Å². The quantitative estimate of drug-likeness (QED) is 0.815. The van der Waals surface area contributed by atoms with Crippen LogP contribution < -0.4 is 10.6 Å². The molecule has 0 radical (unpaired) electrons. The van der Waals surface area contributed by atoms with Crippen LogP contribution in [0.5, 0.6) is 0 Å². The van der Waals surface area contributed by atoms with E-state index in [9.17, 15) is 14.4 Å². The van der Waals surface area contributed by atoms with Gasteiger partial charge in [0.25, 0.3) is 5.91 Å². The van der Waals surface area contributed by atoms with Crippen molar-refractivity contribution in [1.82, 2.24) is 10.6 Å². The van der Waals surface area contributed by atoms with Gasteiger partial charge in [-0.05, 0) is 25.0 Å². The SMILES string of the molecule is CCc1ccc2c(CC(=O)O[C@@H](C)C(=O)NC(=O)NC)coc2c1. The molecule has 3 amide bonds. The van der Waals surface area contributed by atoms with Crippen molar-refractivity contribution in [2.45, 2.75) is 32.8 Å². The summed E-state index contributed by atoms with van der Waals surface area (Å²) < 4.78 is 10.5. The van der Waals surface area contributed by atoms with E-state index in [1.807, 2.05) is 25.1 Å². The van der Waals surface area contributed by atoms with Gasteiger partial charge in [-0.1, -0.05) is 19.1 Å². The first-order valence-electron chi connectivity index (χ1n) is 7.65. The van der Waals surface area contributed by atoms with E-state index >= 15 is 0 Å². The van der Waals surface area contributed by atoms with Crippen LogP contribution in [0.15, 0.2) is 28.9 Å². The summed E-state index contributed by atoms with van der Waals surface area (Å²) in [4.78, 5) is 34.7. The maximum absolute atomic E-state index is 12.0. The van der Waals surface area contributed by atoms with E-state index in [2.05, 4.69) is 10.6 Å². The zero-order valence-corrected chi connectivity index (χ0v) is 13.8. The Kier molecular flexibility index (Phi) is 5.57. The first-order valence-corrected chi connectivity index (χ1v) is 7.65. The summed E-state index contributed by atoms with van der Waals surface area (Å²) >= 11 is 0. The smallest absolute Gasteiger partial charge is 0.321 e. The monoisotopic (exact) mass is 332 g/mol. The third-order valence-corrected chi connectivity index (χ3v) is 3.60. The van der Waals surface area contributed by atoms with Gasteiger partial charge >= 0.3 is 12.0 Å². The van der Waals surface area contributed by atoms with Crippen LogP contribution in [0.2, 0.25) is 0 Å². The molecule has 0 aliphatic carbocycles. The molecule has 24 heavy (non-hydrogen) atoms. The topological polar surface area (TPSA) is 97.6 Å². The van der Waals surface area contributed by atoms with Crippen LogP contribution in [0.3, 0.4) is 0 Å². The molecule has 0 unspecified atom stereocenters. The third-order valence-electron chi connectivity index (χ3n) is 3.60. The van der Waals surface area contributed by atoms with Crippen molar-refractivity contribution < 1.29 is 23.5 Å². The predicted molar refractivity (Wildman–Crippen MR) is 87.4 cm³/mol. The minimum absolute atomic E-state index is 0.0178. The maximum atomic E-state index is 12.0. The molecule has 0 bridgehead atoms. The summed E-state index contributed by atoms with van der Waals surface area (Å²) in [6.45, 7) is 3.45. The second-order valence-corrected chi connectivity index (χ2v) is 5.32. The van der Waals surface area contributed by atoms with Crippen molar-refractivity contribution in [2.24, 2.45) is 0 Å². The molecule has 2 N–H and O–H groups in total. The van der Waals surface area contributed by atoms with Gasteiger partial charge in [0, 0.05) is 18.0 Å². The second-order valence-electron chi connectivity index (χ2n) is 5.32. The molecule has 1 atom stereocenters. The van der Waals surface area contributed by atoms with Gasteiger partial charge in [-0.15, -0.1) is 0 Å². The van der Waals surface area contributed by atoms with Crippen LogP contribution in [0, 0.1) is 0 Å². The number of ether oxygens (including phenoxy) is 1. The number of fused-ring (bicyclic) bond motifs is 1. The lowest BCUT2D eigenvalue weighted by Gasteiger charge is -2.12. The van der Waals surface area contributed by atoms with Crippen LogP contribution in [0.4, 0.5) is 4.79 Å². The Hall–Kier alpha value is -2.83. The number of hydrogen-bond donors (Lipinski definition) is 2. The minimum Gasteiger partial charge on any atom is -0.464 e. The average Bonchev–Trinajstić information content (AvgIpc) is 2.96. The first-order chi connectivity index (χ1) is 11.4. The lowest BCUT2D eigenvalue weighted by atomic mass is 10.1. The van der Waals surface area contributed by atoms with E-state index in [0.717, 1.165) is 17.4 Å². The van der Waals surface area contributed by atoms with Gasteiger partial charge in [0.2, 0.25) is 0 Å². The molecule has 0 aliphatic rings. The minimum atomic E-state index is -1.07. The molecule has 2 rings (SSSR count). The Morgan fingerprint density at radius 2 is 2.04 bits per heavy atom. The lowest BCUT2D eigenvalue weighted by molar-refractivity contribution is -0.153. The van der Waals surface area contributed by atoms with Gasteiger partial charge in [-0.3, -0.25) is 14.9 Å². The van der Waals surface area contributed by atoms with Crippen LogP contribution >= 0.6 is 0 Å². The molecule has 0 saturated carbocycles. The number of aryl methyl sites for hydroxylation is 1. The molecule has 0 saturated heterocycles. The number of nitrogens with one attached hydrogen (secondary N) is 2. The second kappa shape index (κ2) is 7.63. The Morgan fingerprint density at radius 1 is 1.29 bits per heavy atom. The van der Waals surface area contributed by atoms with Crippen molar-refractivity contribution in [1.29, 1.82) is 0 Å². The lowest BCUT2D eigenvalue weighted by Crippen LogP contribution is -2.43. The molecule has 7 heteroatoms. The molecule has 1 aromatic heterocycles. The zero-order chi connectivity index (χ0) is 17.7. The number of rotatable bonds is 5. The number of carbonyl (C=O) groups is 3. The molecule has 7 nitrogen and oxygen atoms in total. The number of benzene rings is 1. The average molecular weight is 332 g/mol. The van der Waals surface area contributed by atoms with E-state index in [0.29, 0.717) is 11.1 Å². The number of hydrogen-bond acceptors (Lipinski definition) is 5. The predicted octanol–water partition coefficient (Wildman–Crippen LogP) is 1.92. The number of urea groups is 1. The molecule has 2 aromatic rings. The highest BCUT2D eigenvalue weighted by Crippen LogP contribution is 2.23. The van der Waals surface area contributed by atoms with Crippen LogP contribution in [0.1, 0.15) is 25.0 Å². The number of imide groups is 1. The first kappa shape index (κ1) is 17.5. The van der Waals surface area contributed by atoms with E-state index in [1.165, 1.54) is 20.2 Å². The van der Waals surface area contributed by atoms with E-state index in [1.54, 1.807) is 0 Å². The third kappa shape index (κ3) is 4.13. The maximum Gasteiger partial charge on any atom is 0.321 e. The molecular weight excluding hydrogens is 312 g/mol. The van der Waals surface area contributed by atoms with Crippen molar-refractivity contribution in [3.05, 3.63) is 35.6 Å². The number of esters is 1. The summed E-state index contributed by atoms with van der Waals surface area (Å²) in [6, 6.07) is 5.16. The number of carbonyl (C=O) groups excluding carboxylic acids is 3. The number of furan rings is 1. The fourth-order valence-electron chi connectivity index (χ4n) is 2.21. The number of amides is 3. The normalized spacial score (nSPS) is 11.8. The highest BCUT2D eigenvalue weighted by molar-refractivity contribution is 5.97. The summed E-state index contributed by atoms with van der Waals surface area (Å²) in [5.41, 5.74) is 2.55. The van der Waals surface area contributed by atoms with E-state index in [-0.39, 0.29) is 6.42 Å². The van der Waals surface area contributed by atoms with E-state index in [4.69, 9.17) is 9.15 Å². The van der Waals surface area contributed by atoms with Gasteiger partial charge in [-0.2, -0.15) is 0 Å². The fourth-order valence-corrected chi connectivity index (χ4v) is 2.21. The Bertz CT molecular complexity index is 765. The Morgan fingerprint density at radius 3 is 2.71 bits per heavy atom. The van der Waals surface area contributed by atoms with Gasteiger partial charge in [0.05, 0.1) is 12.7 Å². The van der Waals surface area contributed by atoms with Crippen molar-refractivity contribution in [3.63, 3.8) is 0 Å². The highest BCUT2D eigenvalue weighted by atomic mass is 16.5. The molecule has 128 valence electrons. The molecule has 0 spiro atoms. The molecule has 0 aliphatic heterocycles. The molecule has 1 aromatic carbocycles. The van der Waals surface area contributed by atoms with Crippen molar-refractivity contribution >= 4 is 28.9 Å². The summed E-state index contributed by atoms with van der Waals surface area (Å²) in [7, 11) is 1.38. The van der Waals surface area contributed by atoms with Gasteiger partial charge in [-0.25, -0.2) is 4.79 Å². The highest BCUT2D eigenvalue weighted by Gasteiger charge is 2.20. The largest absolute Gasteiger partial charge is 0.464 e. The standard InChI is InChI=1S/C17H20N2O5/c1-4-11-5-6-13-12(9-23-14(13)7-11)8-15(20)24-10(2)16(21)19-17(22)18-3/h5-7,9-10H,4,8H2,1-3H3,(H2,18,19,21,22)/t10-/m0/s1. The summed E-state index contributed by atoms with van der Waals surface area (Å²) in [6.07, 6.45) is 1.32. The molecular formula is C17H20N2O5. The van der Waals surface area contributed by atoms with E-state index < -0.39 is 24.0 Å². The fraction of sp³-hybridized carbons (Fsp3) is 0.353. The Labute approximate surface area is 139 Å².